The molecule has 1 aliphatic carbocycles. The normalized spacial score (nSPS) is 16.0. The molecule has 0 aromatic heterocycles. The summed E-state index contributed by atoms with van der Waals surface area (Å²) in [6, 6.07) is 20.7. The highest BCUT2D eigenvalue weighted by atomic mass is 35.7. The van der Waals surface area contributed by atoms with Crippen molar-refractivity contribution in [3.63, 3.8) is 0 Å². The smallest absolute Gasteiger partial charge is 0.199 e. The van der Waals surface area contributed by atoms with Gasteiger partial charge in [0.15, 0.2) is 5.71 Å². The van der Waals surface area contributed by atoms with Gasteiger partial charge in [0.25, 0.3) is 0 Å². The molecule has 0 spiro atoms. The fourth-order valence-corrected chi connectivity index (χ4v) is 3.67. The summed E-state index contributed by atoms with van der Waals surface area (Å²) in [6.07, 6.45) is 16.0. The van der Waals surface area contributed by atoms with E-state index < -0.39 is 10.2 Å². The average Bonchev–Trinajstić information content (AvgIpc) is 2.87. The van der Waals surface area contributed by atoms with Gasteiger partial charge in [-0.1, -0.05) is 67.6 Å². The predicted octanol–water partition coefficient (Wildman–Crippen LogP) is 1.81. The average molecular weight is 506 g/mol. The molecule has 0 N–H and O–H groups in total. The Balaban J connectivity index is 0.000000658. The first-order chi connectivity index (χ1) is 17.1. The van der Waals surface area contributed by atoms with Crippen LogP contribution < -0.4 is 18.6 Å². The number of rotatable bonds is 4. The molecule has 0 unspecified atom stereocenters. The number of halogens is 1. The van der Waals surface area contributed by atoms with E-state index in [1.54, 1.807) is 0 Å². The topological polar surface area (TPSA) is 104 Å². The number of nitrogens with zero attached hydrogens (tertiary/aromatic N) is 1. The molecule has 1 heterocycles. The zero-order valence-corrected chi connectivity index (χ0v) is 21.1. The molecule has 186 valence electrons. The molecule has 4 rings (SSSR count). The van der Waals surface area contributed by atoms with Crippen LogP contribution in [0.5, 0.6) is 0 Å². The molecule has 6 nitrogen and oxygen atoms in total. The standard InChI is InChI=1S/C29H28NO.ClHO4/c1-4-22(24-15-17-27(18-16-24)30(2)3)19-28-20-26(23-11-7-5-8-12-23)21-29(31-28)25-13-9-6-10-14-25;2-1(3,4)5/h5-21H,4H2,1-3H3;(H,2,3,4,5)/q+1;/p-1/b28-19+;. The number of allylic oxidation sites excluding steroid dienone is 10. The molecule has 0 atom stereocenters. The van der Waals surface area contributed by atoms with E-state index >= 15 is 0 Å². The van der Waals surface area contributed by atoms with Crippen LogP contribution in [0.3, 0.4) is 0 Å². The van der Waals surface area contributed by atoms with Crippen molar-refractivity contribution in [1.29, 1.82) is 0 Å². The number of hydrogen-bond acceptors (Lipinski definition) is 5. The Morgan fingerprint density at radius 3 is 1.83 bits per heavy atom. The molecule has 0 bridgehead atoms. The largest absolute Gasteiger partial charge is 0.457 e. The molecule has 36 heavy (non-hydrogen) atoms. The van der Waals surface area contributed by atoms with E-state index in [-0.39, 0.29) is 0 Å². The number of ether oxygens (including phenoxy) is 1. The Hall–Kier alpha value is -3.52. The second-order valence-electron chi connectivity index (χ2n) is 8.19. The Bertz CT molecular complexity index is 1250. The second kappa shape index (κ2) is 12.4. The molecule has 1 aliphatic heterocycles. The summed E-state index contributed by atoms with van der Waals surface area (Å²) in [5.41, 5.74) is 7.06. The first-order valence-electron chi connectivity index (χ1n) is 11.3. The van der Waals surface area contributed by atoms with Crippen molar-refractivity contribution < 1.29 is 38.2 Å². The van der Waals surface area contributed by atoms with Crippen LogP contribution in [0.25, 0.3) is 11.3 Å². The number of benzene rings is 2. The maximum atomic E-state index is 8.49. The van der Waals surface area contributed by atoms with Gasteiger partial charge in [0.2, 0.25) is 0 Å². The summed E-state index contributed by atoms with van der Waals surface area (Å²) in [5, 5.41) is 0. The Kier molecular flexibility index (Phi) is 9.36. The molecule has 0 saturated heterocycles. The van der Waals surface area contributed by atoms with E-state index in [9.17, 15) is 0 Å². The highest BCUT2D eigenvalue weighted by Gasteiger charge is 2.15. The first-order valence-corrected chi connectivity index (χ1v) is 12.6. The molecule has 2 aromatic carbocycles. The second-order valence-corrected chi connectivity index (χ2v) is 8.94. The lowest BCUT2D eigenvalue weighted by Crippen LogP contribution is -2.68. The van der Waals surface area contributed by atoms with Crippen molar-refractivity contribution in [2.45, 2.75) is 13.3 Å². The Morgan fingerprint density at radius 2 is 1.33 bits per heavy atom. The number of hydrogen-bond donors (Lipinski definition) is 0. The van der Waals surface area contributed by atoms with Crippen molar-refractivity contribution >= 4 is 17.0 Å². The minimum Gasteiger partial charge on any atom is -0.457 e. The Labute approximate surface area is 213 Å². The van der Waals surface area contributed by atoms with Gasteiger partial charge in [0.05, 0.1) is 0 Å². The van der Waals surface area contributed by atoms with E-state index in [0.717, 1.165) is 29.1 Å². The van der Waals surface area contributed by atoms with Gasteiger partial charge < -0.3 is 4.74 Å². The molecule has 0 saturated carbocycles. The van der Waals surface area contributed by atoms with Crippen LogP contribution in [0.2, 0.25) is 0 Å². The summed E-state index contributed by atoms with van der Waals surface area (Å²) in [5.74, 6) is 1.72. The monoisotopic (exact) mass is 505 g/mol. The summed E-state index contributed by atoms with van der Waals surface area (Å²) < 4.78 is 42.4. The van der Waals surface area contributed by atoms with Crippen molar-refractivity contribution in [3.05, 3.63) is 131 Å². The van der Waals surface area contributed by atoms with Crippen LogP contribution >= 0.6 is 0 Å². The maximum Gasteiger partial charge on any atom is 0.199 e. The summed E-state index contributed by atoms with van der Waals surface area (Å²) >= 11 is 0. The lowest BCUT2D eigenvalue weighted by Gasteiger charge is -2.19. The molecule has 2 aromatic rings. The van der Waals surface area contributed by atoms with Gasteiger partial charge in [-0.3, -0.25) is 0 Å². The molecular formula is C29H28ClNO5. The van der Waals surface area contributed by atoms with Gasteiger partial charge >= 0.3 is 0 Å². The summed E-state index contributed by atoms with van der Waals surface area (Å²) in [7, 11) is -0.824. The lowest BCUT2D eigenvalue weighted by atomic mass is 9.97. The van der Waals surface area contributed by atoms with Gasteiger partial charge in [0, 0.05) is 17.7 Å². The molecule has 0 fully saturated rings. The lowest BCUT2D eigenvalue weighted by molar-refractivity contribution is -2.00. The van der Waals surface area contributed by atoms with Gasteiger partial charge in [-0.2, -0.15) is 0 Å². The quantitative estimate of drug-likeness (QED) is 0.589. The van der Waals surface area contributed by atoms with Crippen LogP contribution in [0.15, 0.2) is 120 Å². The zero-order valence-electron chi connectivity index (χ0n) is 20.4. The third-order valence-corrected chi connectivity index (χ3v) is 5.43. The van der Waals surface area contributed by atoms with Crippen LogP contribution in [0, 0.1) is 10.2 Å². The van der Waals surface area contributed by atoms with Crippen LogP contribution in [0.4, 0.5) is 0 Å². The third-order valence-electron chi connectivity index (χ3n) is 5.43. The van der Waals surface area contributed by atoms with Crippen molar-refractivity contribution in [2.24, 2.45) is 0 Å². The zero-order chi connectivity index (χ0) is 26.1. The maximum absolute atomic E-state index is 8.49. The van der Waals surface area contributed by atoms with E-state index in [0.29, 0.717) is 0 Å². The molecule has 2 aliphatic rings. The third kappa shape index (κ3) is 8.30. The van der Waals surface area contributed by atoms with Crippen LogP contribution in [-0.4, -0.2) is 24.4 Å². The summed E-state index contributed by atoms with van der Waals surface area (Å²) in [6.45, 7) is 2.19. The van der Waals surface area contributed by atoms with Crippen molar-refractivity contribution in [3.8, 4) is 0 Å². The van der Waals surface area contributed by atoms with E-state index in [1.807, 2.05) is 24.3 Å². The van der Waals surface area contributed by atoms with E-state index in [4.69, 9.17) is 23.4 Å². The van der Waals surface area contributed by atoms with Crippen molar-refractivity contribution in [1.82, 2.24) is 0 Å². The molecule has 7 heteroatoms. The highest BCUT2D eigenvalue weighted by molar-refractivity contribution is 6.02. The molecule has 0 amide bonds. The van der Waals surface area contributed by atoms with Gasteiger partial charge in [-0.15, -0.1) is 10.2 Å². The predicted molar refractivity (Wildman–Crippen MR) is 131 cm³/mol. The van der Waals surface area contributed by atoms with E-state index in [1.165, 1.54) is 22.4 Å². The first kappa shape index (κ1) is 27.1. The fraction of sp³-hybridized carbons (Fsp3) is 0.138. The van der Waals surface area contributed by atoms with Crippen molar-refractivity contribution in [2.75, 3.05) is 14.1 Å². The van der Waals surface area contributed by atoms with Gasteiger partial charge in [-0.05, 0) is 59.1 Å². The van der Waals surface area contributed by atoms with E-state index in [2.05, 4.69) is 105 Å². The SMILES string of the molecule is CCC(/C=C1\C=C(c2ccccc2)C=C(c2ccccc2)O1)=C1C=CC(=[N+](C)C)C=C1.[O-][Cl+3]([O-])([O-])[O-]. The Morgan fingerprint density at radius 1 is 0.806 bits per heavy atom. The highest BCUT2D eigenvalue weighted by Crippen LogP contribution is 2.32. The minimum absolute atomic E-state index is 0.855. The fourth-order valence-electron chi connectivity index (χ4n) is 3.67. The van der Waals surface area contributed by atoms with Gasteiger partial charge in [-0.25, -0.2) is 23.2 Å². The molecular weight excluding hydrogens is 478 g/mol. The van der Waals surface area contributed by atoms with Crippen LogP contribution in [-0.2, 0) is 4.74 Å². The summed E-state index contributed by atoms with van der Waals surface area (Å²) in [4.78, 5) is 0. The van der Waals surface area contributed by atoms with Gasteiger partial charge in [0.1, 0.15) is 25.6 Å². The minimum atomic E-state index is -4.94. The molecule has 0 radical (unpaired) electrons. The van der Waals surface area contributed by atoms with Crippen LogP contribution in [0.1, 0.15) is 24.5 Å².